The van der Waals surface area contributed by atoms with Crippen LogP contribution < -0.4 is 20.1 Å². The molecule has 26 heavy (non-hydrogen) atoms. The maximum atomic E-state index is 12.6. The molecule has 0 bridgehead atoms. The maximum absolute atomic E-state index is 12.6. The van der Waals surface area contributed by atoms with E-state index in [-0.39, 0.29) is 23.8 Å². The second-order valence-corrected chi connectivity index (χ2v) is 6.98. The van der Waals surface area contributed by atoms with Gasteiger partial charge in [0.25, 0.3) is 5.56 Å². The van der Waals surface area contributed by atoms with Crippen LogP contribution in [0.15, 0.2) is 53.3 Å². The number of phenolic OH excluding ortho intramolecular Hbond substituents is 1. The zero-order valence-corrected chi connectivity index (χ0v) is 15.0. The van der Waals surface area contributed by atoms with Crippen LogP contribution in [0.5, 0.6) is 5.75 Å². The number of hydrogen-bond donors (Lipinski definition) is 2. The average Bonchev–Trinajstić information content (AvgIpc) is 2.86. The van der Waals surface area contributed by atoms with Gasteiger partial charge in [-0.25, -0.2) is 0 Å². The number of aromatic nitrogens is 1. The third kappa shape index (κ3) is 3.92. The van der Waals surface area contributed by atoms with E-state index in [0.717, 1.165) is 5.56 Å². The number of para-hydroxylation sites is 1. The number of nitrogens with one attached hydrogen (secondary N) is 1. The highest BCUT2D eigenvalue weighted by molar-refractivity contribution is 7.07. The van der Waals surface area contributed by atoms with Gasteiger partial charge < -0.3 is 10.4 Å². The first-order chi connectivity index (χ1) is 12.4. The van der Waals surface area contributed by atoms with Gasteiger partial charge >= 0.3 is 0 Å². The van der Waals surface area contributed by atoms with Gasteiger partial charge in [0.1, 0.15) is 12.3 Å². The van der Waals surface area contributed by atoms with Crippen molar-refractivity contribution in [3.63, 3.8) is 0 Å². The molecular formula is C20H18N2O3S. The summed E-state index contributed by atoms with van der Waals surface area (Å²) in [6, 6.07) is 14.2. The van der Waals surface area contributed by atoms with Gasteiger partial charge in [0.2, 0.25) is 5.91 Å². The van der Waals surface area contributed by atoms with Crippen LogP contribution in [0.4, 0.5) is 5.69 Å². The van der Waals surface area contributed by atoms with Crippen LogP contribution in [0.2, 0.25) is 0 Å². The van der Waals surface area contributed by atoms with E-state index in [4.69, 9.17) is 0 Å². The Kier molecular flexibility index (Phi) is 5.04. The number of aryl methyl sites for hydroxylation is 1. The summed E-state index contributed by atoms with van der Waals surface area (Å²) >= 11 is 1.19. The fraction of sp³-hybridized carbons (Fsp3) is 0.100. The number of carbonyl (C=O) groups excluding carboxylic acids is 1. The fourth-order valence-corrected chi connectivity index (χ4v) is 3.35. The summed E-state index contributed by atoms with van der Waals surface area (Å²) in [5, 5.41) is 12.6. The molecule has 3 aromatic rings. The first kappa shape index (κ1) is 17.7. The molecule has 0 aliphatic heterocycles. The zero-order valence-electron chi connectivity index (χ0n) is 14.2. The number of amides is 1. The average molecular weight is 366 g/mol. The number of anilines is 1. The molecule has 2 aromatic carbocycles. The summed E-state index contributed by atoms with van der Waals surface area (Å²) in [5.41, 5.74) is 2.02. The Bertz CT molecular complexity index is 1110. The Hall–Kier alpha value is -3.12. The van der Waals surface area contributed by atoms with Gasteiger partial charge in [-0.1, -0.05) is 42.5 Å². The van der Waals surface area contributed by atoms with E-state index in [1.165, 1.54) is 15.9 Å². The van der Waals surface area contributed by atoms with Crippen molar-refractivity contribution in [1.29, 1.82) is 0 Å². The largest absolute Gasteiger partial charge is 0.507 e. The molecule has 3 rings (SSSR count). The van der Waals surface area contributed by atoms with Gasteiger partial charge in [-0.2, -0.15) is 0 Å². The van der Waals surface area contributed by atoms with Gasteiger partial charge in [-0.05, 0) is 31.2 Å². The summed E-state index contributed by atoms with van der Waals surface area (Å²) in [7, 11) is 0. The van der Waals surface area contributed by atoms with Gasteiger partial charge in [0, 0.05) is 11.3 Å². The van der Waals surface area contributed by atoms with Crippen LogP contribution in [0.25, 0.3) is 12.7 Å². The van der Waals surface area contributed by atoms with Crippen molar-refractivity contribution in [1.82, 2.24) is 4.57 Å². The van der Waals surface area contributed by atoms with E-state index in [1.54, 1.807) is 30.3 Å². The quantitative estimate of drug-likeness (QED) is 0.740. The molecule has 2 N–H and O–H groups in total. The molecule has 0 unspecified atom stereocenters. The lowest BCUT2D eigenvalue weighted by atomic mass is 10.2. The molecule has 0 saturated carbocycles. The smallest absolute Gasteiger partial charge is 0.269 e. The Morgan fingerprint density at radius 1 is 1.23 bits per heavy atom. The van der Waals surface area contributed by atoms with Crippen LogP contribution in [0, 0.1) is 6.92 Å². The highest BCUT2D eigenvalue weighted by atomic mass is 32.1. The van der Waals surface area contributed by atoms with E-state index in [0.29, 0.717) is 20.4 Å². The summed E-state index contributed by atoms with van der Waals surface area (Å²) in [5.74, 6) is -0.206. The van der Waals surface area contributed by atoms with Crippen molar-refractivity contribution >= 4 is 35.6 Å². The van der Waals surface area contributed by atoms with Crippen LogP contribution in [0.1, 0.15) is 11.1 Å². The van der Waals surface area contributed by atoms with Gasteiger partial charge in [0.15, 0.2) is 0 Å². The predicted octanol–water partition coefficient (Wildman–Crippen LogP) is 1.80. The molecule has 0 radical (unpaired) electrons. The number of benzene rings is 2. The Labute approximate surface area is 154 Å². The Balaban J connectivity index is 1.85. The topological polar surface area (TPSA) is 71.3 Å². The highest BCUT2D eigenvalue weighted by Crippen LogP contribution is 2.15. The summed E-state index contributed by atoms with van der Waals surface area (Å²) in [4.78, 5) is 24.8. The Morgan fingerprint density at radius 3 is 2.62 bits per heavy atom. The molecule has 0 spiro atoms. The molecule has 1 heterocycles. The monoisotopic (exact) mass is 366 g/mol. The number of phenols is 1. The van der Waals surface area contributed by atoms with Crippen LogP contribution in [-0.4, -0.2) is 15.6 Å². The summed E-state index contributed by atoms with van der Waals surface area (Å²) < 4.78 is 2.23. The lowest BCUT2D eigenvalue weighted by Gasteiger charge is -2.06. The van der Waals surface area contributed by atoms with Crippen molar-refractivity contribution < 1.29 is 9.90 Å². The van der Waals surface area contributed by atoms with Gasteiger partial charge in [-0.15, -0.1) is 11.3 Å². The van der Waals surface area contributed by atoms with Crippen molar-refractivity contribution in [2.24, 2.45) is 0 Å². The van der Waals surface area contributed by atoms with E-state index >= 15 is 0 Å². The molecule has 1 amide bonds. The van der Waals surface area contributed by atoms with Crippen molar-refractivity contribution in [2.45, 2.75) is 13.5 Å². The molecule has 0 atom stereocenters. The number of aromatic hydroxyl groups is 1. The summed E-state index contributed by atoms with van der Waals surface area (Å²) in [6.07, 6.45) is 1.60. The third-order valence-corrected chi connectivity index (χ3v) is 4.81. The molecule has 0 saturated heterocycles. The molecule has 0 fully saturated rings. The standard InChI is InChI=1S/C20H18N2O3S/c1-13-7-9-16(10-8-13)21-19(24)12-22-14(2)26-18(20(22)25)11-15-5-3-4-6-17(15)23/h3-11,23H,2,12H2,1H3,(H,21,24)/b18-11-. The van der Waals surface area contributed by atoms with E-state index in [9.17, 15) is 14.7 Å². The molecule has 5 nitrogen and oxygen atoms in total. The van der Waals surface area contributed by atoms with Crippen LogP contribution in [0.3, 0.4) is 0 Å². The number of hydrogen-bond acceptors (Lipinski definition) is 4. The zero-order chi connectivity index (χ0) is 18.7. The van der Waals surface area contributed by atoms with E-state index < -0.39 is 0 Å². The minimum Gasteiger partial charge on any atom is -0.507 e. The normalized spacial score (nSPS) is 11.5. The molecule has 1 aromatic heterocycles. The van der Waals surface area contributed by atoms with Gasteiger partial charge in [-0.3, -0.25) is 14.2 Å². The molecular weight excluding hydrogens is 348 g/mol. The molecule has 6 heteroatoms. The van der Waals surface area contributed by atoms with Crippen molar-refractivity contribution in [2.75, 3.05) is 5.32 Å². The van der Waals surface area contributed by atoms with Crippen molar-refractivity contribution in [3.8, 4) is 5.75 Å². The van der Waals surface area contributed by atoms with Gasteiger partial charge in [0.05, 0.1) is 9.20 Å². The fourth-order valence-electron chi connectivity index (χ4n) is 2.45. The number of thiazole rings is 1. The second kappa shape index (κ2) is 7.41. The van der Waals surface area contributed by atoms with Crippen LogP contribution in [-0.2, 0) is 11.3 Å². The van der Waals surface area contributed by atoms with E-state index in [1.807, 2.05) is 31.2 Å². The highest BCUT2D eigenvalue weighted by Gasteiger charge is 2.09. The molecule has 132 valence electrons. The minimum atomic E-state index is -0.303. The summed E-state index contributed by atoms with van der Waals surface area (Å²) in [6.45, 7) is 5.71. The lowest BCUT2D eigenvalue weighted by Crippen LogP contribution is -2.35. The van der Waals surface area contributed by atoms with Crippen LogP contribution >= 0.6 is 11.3 Å². The number of rotatable bonds is 4. The molecule has 0 aliphatic carbocycles. The number of carbonyl (C=O) groups is 1. The third-order valence-electron chi connectivity index (χ3n) is 3.85. The Morgan fingerprint density at radius 2 is 1.92 bits per heavy atom. The lowest BCUT2D eigenvalue weighted by molar-refractivity contribution is -0.116. The van der Waals surface area contributed by atoms with E-state index in [2.05, 4.69) is 11.9 Å². The SMILES string of the molecule is C=c1s/c(=C\c2ccccc2O)c(=O)n1CC(=O)Nc1ccc(C)cc1. The molecule has 0 aliphatic rings. The maximum Gasteiger partial charge on any atom is 0.269 e. The van der Waals surface area contributed by atoms with Crippen molar-refractivity contribution in [3.05, 3.63) is 79.2 Å². The number of nitrogens with zero attached hydrogens (tertiary/aromatic N) is 1. The first-order valence-corrected chi connectivity index (χ1v) is 8.80. The minimum absolute atomic E-state index is 0.0922. The second-order valence-electron chi connectivity index (χ2n) is 5.87. The first-order valence-electron chi connectivity index (χ1n) is 7.99. The predicted molar refractivity (Wildman–Crippen MR) is 105 cm³/mol.